The highest BCUT2D eigenvalue weighted by molar-refractivity contribution is 7.47. The molecule has 0 amide bonds. The summed E-state index contributed by atoms with van der Waals surface area (Å²) >= 11 is 0. The normalized spacial score (nSPS) is 35.5. The lowest BCUT2D eigenvalue weighted by molar-refractivity contribution is -0.0682. The summed E-state index contributed by atoms with van der Waals surface area (Å²) in [4.78, 5) is 62.2. The predicted molar refractivity (Wildman–Crippen MR) is 162 cm³/mol. The number of imidazole rings is 1. The van der Waals surface area contributed by atoms with Gasteiger partial charge in [-0.05, 0) is 11.6 Å². The van der Waals surface area contributed by atoms with Crippen molar-refractivity contribution in [3.63, 3.8) is 0 Å². The van der Waals surface area contributed by atoms with E-state index in [2.05, 4.69) is 19.9 Å². The number of nitrogen functional groups attached to an aromatic ring is 1. The van der Waals surface area contributed by atoms with E-state index in [0.717, 1.165) is 17.2 Å². The summed E-state index contributed by atoms with van der Waals surface area (Å²) in [5.41, 5.74) is 10.8. The van der Waals surface area contributed by atoms with Gasteiger partial charge in [0.05, 0.1) is 30.4 Å². The summed E-state index contributed by atoms with van der Waals surface area (Å²) in [5, 5.41) is 11.4. The molecule has 3 aliphatic heterocycles. The average molecular weight is 729 g/mol. The molecular weight excluding hydrogens is 698 g/mol. The van der Waals surface area contributed by atoms with Gasteiger partial charge in [0.1, 0.15) is 43.0 Å². The third kappa shape index (κ3) is 6.14. The lowest BCUT2D eigenvalue weighted by atomic mass is 10.1. The minimum Gasteiger partial charge on any atom is -0.386 e. The molecule has 3 saturated heterocycles. The minimum absolute atomic E-state index is 0.00177. The van der Waals surface area contributed by atoms with Crippen LogP contribution in [0, 0.1) is 0 Å². The average Bonchev–Trinajstić information content (AvgIpc) is 3.71. The van der Waals surface area contributed by atoms with Gasteiger partial charge in [0.25, 0.3) is 11.1 Å². The second kappa shape index (κ2) is 12.7. The summed E-state index contributed by atoms with van der Waals surface area (Å²) in [7, 11) is -8.98. The van der Waals surface area contributed by atoms with Crippen LogP contribution in [-0.4, -0.2) is 101 Å². The van der Waals surface area contributed by atoms with Crippen LogP contribution in [0.2, 0.25) is 0 Å². The molecule has 10 atom stereocenters. The number of nitrogens with two attached hydrogens (primary N) is 2. The molecule has 6 heterocycles. The molecule has 0 aliphatic carbocycles. The first-order chi connectivity index (χ1) is 23.3. The van der Waals surface area contributed by atoms with Crippen LogP contribution in [0.3, 0.4) is 0 Å². The Hall–Kier alpha value is -3.47. The van der Waals surface area contributed by atoms with Crippen LogP contribution in [0.15, 0.2) is 40.4 Å². The highest BCUT2D eigenvalue weighted by Gasteiger charge is 2.54. The SMILES string of the molecule is CO[C@H]1[C@H]2OP(=O)(O)OC[C@H]3O[C@@H](n4cnc5cccc(CN)c5c4=O)[C@H](O)[C@@H]3OP(=O)(O)OC[C@H]1O[C@H]2n1cnc2c(=O)[nH]c(N)nc21. The van der Waals surface area contributed by atoms with Crippen molar-refractivity contribution in [1.82, 2.24) is 29.1 Å². The molecule has 0 spiro atoms. The van der Waals surface area contributed by atoms with E-state index in [4.69, 9.17) is 43.8 Å². The van der Waals surface area contributed by atoms with Crippen LogP contribution in [0.1, 0.15) is 18.0 Å². The van der Waals surface area contributed by atoms with E-state index in [9.17, 15) is 33.6 Å². The third-order valence-corrected chi connectivity index (χ3v) is 10.3. The smallest absolute Gasteiger partial charge is 0.386 e. The number of benzene rings is 1. The van der Waals surface area contributed by atoms with Crippen LogP contribution in [0.25, 0.3) is 22.1 Å². The van der Waals surface area contributed by atoms with E-state index in [1.807, 2.05) is 0 Å². The zero-order chi connectivity index (χ0) is 34.8. The van der Waals surface area contributed by atoms with E-state index < -0.39 is 89.1 Å². The number of aromatic amines is 1. The molecule has 4 aromatic rings. The van der Waals surface area contributed by atoms with Crippen molar-refractivity contribution >= 4 is 43.7 Å². The molecule has 3 aromatic heterocycles. The van der Waals surface area contributed by atoms with Gasteiger partial charge in [0, 0.05) is 13.7 Å². The first-order valence-corrected chi connectivity index (χ1v) is 17.5. The molecule has 1 aromatic carbocycles. The van der Waals surface area contributed by atoms with E-state index in [1.165, 1.54) is 11.7 Å². The quantitative estimate of drug-likeness (QED) is 0.134. The number of aliphatic hydroxyl groups is 1. The Kier molecular flexibility index (Phi) is 8.81. The van der Waals surface area contributed by atoms with Gasteiger partial charge in [-0.3, -0.25) is 41.8 Å². The number of hydrogen-bond acceptors (Lipinski definition) is 17. The number of phosphoric acid groups is 2. The number of methoxy groups -OCH3 is 1. The Labute approximate surface area is 273 Å². The number of aromatic nitrogens is 6. The van der Waals surface area contributed by atoms with E-state index in [-0.39, 0.29) is 29.0 Å². The lowest BCUT2D eigenvalue weighted by Crippen LogP contribution is -2.37. The van der Waals surface area contributed by atoms with Gasteiger partial charge in [-0.1, -0.05) is 12.1 Å². The number of nitrogens with zero attached hydrogens (tertiary/aromatic N) is 5. The summed E-state index contributed by atoms with van der Waals surface area (Å²) in [5.74, 6) is -0.261. The molecule has 7 rings (SSSR count). The largest absolute Gasteiger partial charge is 0.472 e. The van der Waals surface area contributed by atoms with Crippen LogP contribution in [0.5, 0.6) is 0 Å². The minimum atomic E-state index is -5.10. The first-order valence-electron chi connectivity index (χ1n) is 14.5. The van der Waals surface area contributed by atoms with Gasteiger partial charge in [0.2, 0.25) is 5.95 Å². The number of H-pyrrole nitrogens is 1. The molecule has 49 heavy (non-hydrogen) atoms. The number of anilines is 1. The van der Waals surface area contributed by atoms with Gasteiger partial charge < -0.3 is 40.6 Å². The second-order valence-corrected chi connectivity index (χ2v) is 14.0. The highest BCUT2D eigenvalue weighted by Crippen LogP contribution is 2.54. The van der Waals surface area contributed by atoms with Gasteiger partial charge in [-0.2, -0.15) is 4.98 Å². The van der Waals surface area contributed by atoms with Crippen molar-refractivity contribution in [2.24, 2.45) is 5.73 Å². The van der Waals surface area contributed by atoms with Crippen LogP contribution >= 0.6 is 15.6 Å². The third-order valence-electron chi connectivity index (χ3n) is 8.30. The van der Waals surface area contributed by atoms with Crippen LogP contribution in [-0.2, 0) is 48.0 Å². The Morgan fingerprint density at radius 1 is 1.00 bits per heavy atom. The van der Waals surface area contributed by atoms with Crippen molar-refractivity contribution in [1.29, 1.82) is 0 Å². The molecule has 264 valence electrons. The Balaban J connectivity index is 1.22. The van der Waals surface area contributed by atoms with Gasteiger partial charge in [-0.15, -0.1) is 0 Å². The topological polar surface area (TPSA) is 310 Å². The molecule has 3 aliphatic rings. The highest BCUT2D eigenvalue weighted by atomic mass is 31.2. The Morgan fingerprint density at radius 3 is 2.39 bits per heavy atom. The summed E-state index contributed by atoms with van der Waals surface area (Å²) < 4.78 is 67.5. The van der Waals surface area contributed by atoms with Crippen molar-refractivity contribution in [2.75, 3.05) is 26.1 Å². The van der Waals surface area contributed by atoms with Crippen molar-refractivity contribution in [2.45, 2.75) is 55.6 Å². The fraction of sp³-hybridized carbons (Fsp3) is 0.480. The molecule has 2 bridgehead atoms. The molecule has 2 unspecified atom stereocenters. The summed E-state index contributed by atoms with van der Waals surface area (Å²) in [6, 6.07) is 4.89. The molecule has 0 saturated carbocycles. The van der Waals surface area contributed by atoms with Crippen LogP contribution in [0.4, 0.5) is 5.95 Å². The van der Waals surface area contributed by atoms with E-state index in [1.54, 1.807) is 18.2 Å². The van der Waals surface area contributed by atoms with Gasteiger partial charge >= 0.3 is 15.6 Å². The van der Waals surface area contributed by atoms with Crippen molar-refractivity contribution in [3.8, 4) is 0 Å². The zero-order valence-electron chi connectivity index (χ0n) is 25.2. The molecule has 0 radical (unpaired) electrons. The maximum atomic E-state index is 13.5. The molecular formula is C25H30N8O14P2. The van der Waals surface area contributed by atoms with E-state index in [0.29, 0.717) is 11.1 Å². The van der Waals surface area contributed by atoms with E-state index >= 15 is 0 Å². The molecule has 8 N–H and O–H groups in total. The number of nitrogens with one attached hydrogen (secondary N) is 1. The van der Waals surface area contributed by atoms with Gasteiger partial charge in [0.15, 0.2) is 23.6 Å². The zero-order valence-corrected chi connectivity index (χ0v) is 27.0. The van der Waals surface area contributed by atoms with Gasteiger partial charge in [-0.25, -0.2) is 19.1 Å². The van der Waals surface area contributed by atoms with Crippen molar-refractivity contribution < 1.29 is 56.3 Å². The lowest BCUT2D eigenvalue weighted by Gasteiger charge is -2.26. The monoisotopic (exact) mass is 728 g/mol. The number of hydrogen-bond donors (Lipinski definition) is 6. The summed E-state index contributed by atoms with van der Waals surface area (Å²) in [6.45, 7) is -1.58. The number of aliphatic hydroxyl groups excluding tert-OH is 1. The number of phosphoric ester groups is 2. The van der Waals surface area contributed by atoms with Crippen molar-refractivity contribution in [3.05, 3.63) is 57.1 Å². The Bertz CT molecular complexity index is 2130. The number of fused-ring (bicyclic) bond motifs is 5. The maximum absolute atomic E-state index is 13.5. The first kappa shape index (κ1) is 34.0. The number of ether oxygens (including phenoxy) is 3. The number of rotatable bonds is 4. The van der Waals surface area contributed by atoms with Crippen LogP contribution < -0.4 is 22.6 Å². The summed E-state index contributed by atoms with van der Waals surface area (Å²) in [6.07, 6.45) is -9.86. The fourth-order valence-electron chi connectivity index (χ4n) is 6.11. The fourth-order valence-corrected chi connectivity index (χ4v) is 8.00. The molecule has 3 fully saturated rings. The standard InChI is InChI=1S/C25H30N8O14P2/c1-41-18-13-7-43-48(37,38)46-17-12(44-23(16(17)34)33-8-28-11-4-2-3-10(5-26)14(11)22(33)36)6-42-49(39,40)47-19(18)24(45-13)32-9-29-15-20(32)30-25(27)31-21(15)35/h2-4,8-9,12-13,16-19,23-24,34H,5-7,26H2,1H3,(H,37,38)(H,39,40)(H3,27,30,31,35)/t12-,13-,16-,17-,18-,19-,23-,24-/m1/s1. The predicted octanol–water partition coefficient (Wildman–Crippen LogP) is -1.24. The maximum Gasteiger partial charge on any atom is 0.472 e. The molecule has 22 nitrogen and oxygen atoms in total. The molecule has 24 heteroatoms. The second-order valence-electron chi connectivity index (χ2n) is 11.2. The Morgan fingerprint density at radius 2 is 1.67 bits per heavy atom.